The van der Waals surface area contributed by atoms with Crippen LogP contribution in [-0.4, -0.2) is 10.9 Å². The molecule has 0 saturated carbocycles. The van der Waals surface area contributed by atoms with Crippen LogP contribution in [0.1, 0.15) is 59.7 Å². The molecule has 0 fully saturated rings. The molecule has 2 aromatic heterocycles. The van der Waals surface area contributed by atoms with Crippen LogP contribution in [0.5, 0.6) is 0 Å². The highest BCUT2D eigenvalue weighted by molar-refractivity contribution is 7.16. The maximum absolute atomic E-state index is 12.7. The van der Waals surface area contributed by atoms with Gasteiger partial charge >= 0.3 is 0 Å². The molecule has 2 aromatic rings. The molecule has 0 aromatic carbocycles. The summed E-state index contributed by atoms with van der Waals surface area (Å²) in [5.41, 5.74) is 3.50. The topological polar surface area (TPSA) is 54.0 Å². The Morgan fingerprint density at radius 3 is 2.67 bits per heavy atom. The van der Waals surface area contributed by atoms with E-state index in [0.717, 1.165) is 29.0 Å². The molecule has 2 aliphatic rings. The van der Waals surface area contributed by atoms with Gasteiger partial charge in [0.1, 0.15) is 11.2 Å². The molecule has 0 bridgehead atoms. The van der Waals surface area contributed by atoms with Crippen LogP contribution in [0.25, 0.3) is 0 Å². The zero-order valence-electron chi connectivity index (χ0n) is 14.3. The third-order valence-corrected chi connectivity index (χ3v) is 6.49. The number of hydrogen-bond acceptors (Lipinski definition) is 4. The summed E-state index contributed by atoms with van der Waals surface area (Å²) in [7, 11) is 0. The van der Waals surface area contributed by atoms with E-state index in [2.05, 4.69) is 36.4 Å². The summed E-state index contributed by atoms with van der Waals surface area (Å²) in [6.07, 6.45) is 6.61. The number of fused-ring (bicyclic) bond motifs is 3. The van der Waals surface area contributed by atoms with E-state index in [4.69, 9.17) is 0 Å². The second kappa shape index (κ2) is 5.59. The van der Waals surface area contributed by atoms with Gasteiger partial charge in [-0.2, -0.15) is 0 Å². The van der Waals surface area contributed by atoms with E-state index >= 15 is 0 Å². The van der Waals surface area contributed by atoms with Crippen molar-refractivity contribution in [1.29, 1.82) is 0 Å². The van der Waals surface area contributed by atoms with Crippen molar-refractivity contribution in [2.24, 2.45) is 11.3 Å². The van der Waals surface area contributed by atoms with Gasteiger partial charge in [-0.25, -0.2) is 0 Å². The zero-order valence-corrected chi connectivity index (χ0v) is 15.2. The second-order valence-corrected chi connectivity index (χ2v) is 8.95. The summed E-state index contributed by atoms with van der Waals surface area (Å²) in [4.78, 5) is 18.2. The van der Waals surface area contributed by atoms with Crippen LogP contribution in [0.4, 0.5) is 5.00 Å². The monoisotopic (exact) mass is 341 g/mol. The van der Waals surface area contributed by atoms with E-state index in [-0.39, 0.29) is 12.1 Å². The Labute approximate surface area is 146 Å². The number of pyridine rings is 1. The Hall–Kier alpha value is -1.88. The highest BCUT2D eigenvalue weighted by Gasteiger charge is 2.36. The standard InChI is InChI=1S/C19H23N3OS/c1-19(2,3)12-4-5-13-14(10-12)24-18-15(13)17(23)21-16(22-18)11-6-8-20-9-7-11/h6-9,12,16,22H,4-5,10H2,1-3H3,(H,21,23)/t12-,16-/m1/s1. The Balaban J connectivity index is 1.66. The molecule has 24 heavy (non-hydrogen) atoms. The molecule has 4 nitrogen and oxygen atoms in total. The lowest BCUT2D eigenvalue weighted by Gasteiger charge is -2.34. The Bertz CT molecular complexity index is 776. The average Bonchev–Trinajstić information content (AvgIpc) is 2.92. The maximum Gasteiger partial charge on any atom is 0.256 e. The predicted octanol–water partition coefficient (Wildman–Crippen LogP) is 4.15. The molecular weight excluding hydrogens is 318 g/mol. The molecule has 4 rings (SSSR count). The van der Waals surface area contributed by atoms with E-state index < -0.39 is 0 Å². The summed E-state index contributed by atoms with van der Waals surface area (Å²) in [6, 6.07) is 3.87. The molecule has 0 spiro atoms. The minimum absolute atomic E-state index is 0.0530. The van der Waals surface area contributed by atoms with Crippen LogP contribution in [0.2, 0.25) is 0 Å². The van der Waals surface area contributed by atoms with Gasteiger partial charge in [0.05, 0.1) is 5.56 Å². The van der Waals surface area contributed by atoms with Gasteiger partial charge in [-0.05, 0) is 53.9 Å². The highest BCUT2D eigenvalue weighted by atomic mass is 32.1. The van der Waals surface area contributed by atoms with Crippen LogP contribution in [-0.2, 0) is 12.8 Å². The van der Waals surface area contributed by atoms with Gasteiger partial charge in [-0.15, -0.1) is 11.3 Å². The van der Waals surface area contributed by atoms with Gasteiger partial charge in [0.15, 0.2) is 0 Å². The number of rotatable bonds is 1. The van der Waals surface area contributed by atoms with Crippen LogP contribution >= 0.6 is 11.3 Å². The first-order valence-corrected chi connectivity index (χ1v) is 9.37. The molecular formula is C19H23N3OS. The Kier molecular flexibility index (Phi) is 3.64. The molecule has 1 aliphatic carbocycles. The number of nitrogens with one attached hydrogen (secondary N) is 2. The van der Waals surface area contributed by atoms with E-state index in [1.54, 1.807) is 23.7 Å². The number of amides is 1. The quantitative estimate of drug-likeness (QED) is 0.819. The van der Waals surface area contributed by atoms with Gasteiger partial charge in [-0.1, -0.05) is 20.8 Å². The van der Waals surface area contributed by atoms with Crippen molar-refractivity contribution >= 4 is 22.2 Å². The normalized spacial score (nSPS) is 23.0. The molecule has 126 valence electrons. The lowest BCUT2D eigenvalue weighted by Crippen LogP contribution is -2.38. The van der Waals surface area contributed by atoms with Crippen molar-refractivity contribution in [2.75, 3.05) is 5.32 Å². The summed E-state index contributed by atoms with van der Waals surface area (Å²) < 4.78 is 0. The van der Waals surface area contributed by atoms with E-state index in [9.17, 15) is 4.79 Å². The van der Waals surface area contributed by atoms with Crippen molar-refractivity contribution in [1.82, 2.24) is 10.3 Å². The molecule has 5 heteroatoms. The summed E-state index contributed by atoms with van der Waals surface area (Å²) in [5.74, 6) is 0.737. The Morgan fingerprint density at radius 1 is 1.21 bits per heavy atom. The fraction of sp³-hybridized carbons (Fsp3) is 0.474. The van der Waals surface area contributed by atoms with Gasteiger partial charge < -0.3 is 10.6 Å². The molecule has 1 amide bonds. The number of carbonyl (C=O) groups excluding carboxylic acids is 1. The largest absolute Gasteiger partial charge is 0.353 e. The van der Waals surface area contributed by atoms with E-state index in [1.807, 2.05) is 12.1 Å². The summed E-state index contributed by atoms with van der Waals surface area (Å²) >= 11 is 1.77. The molecule has 0 radical (unpaired) electrons. The Morgan fingerprint density at radius 2 is 1.96 bits per heavy atom. The van der Waals surface area contributed by atoms with Gasteiger partial charge in [0.25, 0.3) is 5.91 Å². The van der Waals surface area contributed by atoms with Gasteiger partial charge in [-0.3, -0.25) is 9.78 Å². The van der Waals surface area contributed by atoms with Gasteiger partial charge in [0.2, 0.25) is 0 Å². The van der Waals surface area contributed by atoms with Crippen LogP contribution in [0, 0.1) is 11.3 Å². The third-order valence-electron chi connectivity index (χ3n) is 5.31. The highest BCUT2D eigenvalue weighted by Crippen LogP contribution is 2.45. The first-order valence-electron chi connectivity index (χ1n) is 8.55. The number of anilines is 1. The molecule has 2 N–H and O–H groups in total. The van der Waals surface area contributed by atoms with E-state index in [0.29, 0.717) is 11.3 Å². The average molecular weight is 341 g/mol. The number of aromatic nitrogens is 1. The van der Waals surface area contributed by atoms with Crippen LogP contribution < -0.4 is 10.6 Å². The number of carbonyl (C=O) groups is 1. The number of thiophene rings is 1. The van der Waals surface area contributed by atoms with Gasteiger partial charge in [0, 0.05) is 17.3 Å². The maximum atomic E-state index is 12.7. The van der Waals surface area contributed by atoms with E-state index in [1.165, 1.54) is 16.9 Å². The molecule has 2 atom stereocenters. The second-order valence-electron chi connectivity index (χ2n) is 7.85. The lowest BCUT2D eigenvalue weighted by atomic mass is 9.72. The summed E-state index contributed by atoms with van der Waals surface area (Å²) in [6.45, 7) is 6.96. The first kappa shape index (κ1) is 15.6. The van der Waals surface area contributed by atoms with Crippen LogP contribution in [0.3, 0.4) is 0 Å². The number of hydrogen-bond donors (Lipinski definition) is 2. The number of nitrogens with zero attached hydrogens (tertiary/aromatic N) is 1. The lowest BCUT2D eigenvalue weighted by molar-refractivity contribution is 0.0935. The molecule has 3 heterocycles. The van der Waals surface area contributed by atoms with Crippen molar-refractivity contribution in [3.8, 4) is 0 Å². The smallest absolute Gasteiger partial charge is 0.256 e. The zero-order chi connectivity index (χ0) is 16.9. The fourth-order valence-electron chi connectivity index (χ4n) is 3.76. The third kappa shape index (κ3) is 2.61. The minimum Gasteiger partial charge on any atom is -0.353 e. The predicted molar refractivity (Wildman–Crippen MR) is 97.4 cm³/mol. The van der Waals surface area contributed by atoms with Crippen LogP contribution in [0.15, 0.2) is 24.5 Å². The molecule has 0 unspecified atom stereocenters. The summed E-state index contributed by atoms with van der Waals surface area (Å²) in [5, 5.41) is 7.64. The molecule has 1 aliphatic heterocycles. The minimum atomic E-state index is -0.175. The fourth-order valence-corrected chi connectivity index (χ4v) is 5.11. The first-order chi connectivity index (χ1) is 11.4. The molecule has 0 saturated heterocycles. The van der Waals surface area contributed by atoms with Crippen molar-refractivity contribution in [3.05, 3.63) is 46.1 Å². The van der Waals surface area contributed by atoms with Crippen molar-refractivity contribution < 1.29 is 4.79 Å². The van der Waals surface area contributed by atoms with Crippen molar-refractivity contribution in [3.63, 3.8) is 0 Å². The van der Waals surface area contributed by atoms with Crippen molar-refractivity contribution in [2.45, 2.75) is 46.2 Å². The SMILES string of the molecule is CC(C)(C)[C@@H]1CCc2c(sc3c2C(=O)N[C@@H](c2ccncc2)N3)C1.